The van der Waals surface area contributed by atoms with Gasteiger partial charge < -0.3 is 9.64 Å². The summed E-state index contributed by atoms with van der Waals surface area (Å²) in [5.74, 6) is 0.425. The van der Waals surface area contributed by atoms with Gasteiger partial charge in [0.2, 0.25) is 5.91 Å². The summed E-state index contributed by atoms with van der Waals surface area (Å²) in [7, 11) is 0. The lowest BCUT2D eigenvalue weighted by atomic mass is 9.64. The summed E-state index contributed by atoms with van der Waals surface area (Å²) in [5, 5.41) is 0. The van der Waals surface area contributed by atoms with Crippen LogP contribution in [0.25, 0.3) is 0 Å². The molecule has 1 heterocycles. The number of amides is 1. The van der Waals surface area contributed by atoms with Gasteiger partial charge in [0.1, 0.15) is 0 Å². The maximum Gasteiger partial charge on any atom is 0.309 e. The monoisotopic (exact) mass is 405 g/mol. The van der Waals surface area contributed by atoms with Gasteiger partial charge in [0.05, 0.1) is 12.5 Å². The standard InChI is InChI=1S/C26H31NO3/c1-2-30-26(29)22-15-9-14-21-17-24(28)27(18-20-12-7-4-8-13-20)23(25(21)22)16-19-10-5-3-6-11-19/h3-8,10-13,21-23,25H,2,9,14-18H2,1H3/t21-,22+,23+,25+/m1/s1. The number of piperidine rings is 1. The van der Waals surface area contributed by atoms with Crippen LogP contribution in [0.15, 0.2) is 60.7 Å². The fourth-order valence-electron chi connectivity index (χ4n) is 5.48. The lowest BCUT2D eigenvalue weighted by Crippen LogP contribution is -2.57. The van der Waals surface area contributed by atoms with Gasteiger partial charge in [0.15, 0.2) is 0 Å². The Kier molecular flexibility index (Phi) is 6.51. The third-order valence-electron chi connectivity index (χ3n) is 6.77. The Morgan fingerprint density at radius 2 is 1.67 bits per heavy atom. The largest absolute Gasteiger partial charge is 0.466 e. The minimum atomic E-state index is -0.121. The number of benzene rings is 2. The number of esters is 1. The molecule has 0 bridgehead atoms. The van der Waals surface area contributed by atoms with Crippen molar-refractivity contribution in [2.24, 2.45) is 17.8 Å². The predicted octanol–water partition coefficient (Wildman–Crippen LogP) is 4.63. The molecule has 30 heavy (non-hydrogen) atoms. The van der Waals surface area contributed by atoms with E-state index in [-0.39, 0.29) is 35.7 Å². The Bertz CT molecular complexity index is 851. The van der Waals surface area contributed by atoms with E-state index >= 15 is 0 Å². The van der Waals surface area contributed by atoms with Crippen LogP contribution in [-0.4, -0.2) is 29.4 Å². The molecule has 4 atom stereocenters. The average molecular weight is 406 g/mol. The molecule has 4 rings (SSSR count). The zero-order chi connectivity index (χ0) is 20.9. The number of carbonyl (C=O) groups excluding carboxylic acids is 2. The number of rotatable bonds is 6. The molecular formula is C26H31NO3. The highest BCUT2D eigenvalue weighted by molar-refractivity contribution is 5.79. The molecule has 2 aromatic rings. The summed E-state index contributed by atoms with van der Waals surface area (Å²) in [6.07, 6.45) is 4.19. The van der Waals surface area contributed by atoms with E-state index < -0.39 is 0 Å². The van der Waals surface area contributed by atoms with Crippen LogP contribution < -0.4 is 0 Å². The van der Waals surface area contributed by atoms with E-state index in [0.29, 0.717) is 19.6 Å². The van der Waals surface area contributed by atoms with Gasteiger partial charge in [0.25, 0.3) is 0 Å². The zero-order valence-corrected chi connectivity index (χ0v) is 17.7. The third kappa shape index (κ3) is 4.43. The van der Waals surface area contributed by atoms with Crippen LogP contribution in [0, 0.1) is 17.8 Å². The van der Waals surface area contributed by atoms with Crippen LogP contribution in [0.2, 0.25) is 0 Å². The Morgan fingerprint density at radius 3 is 2.33 bits per heavy atom. The van der Waals surface area contributed by atoms with Gasteiger partial charge >= 0.3 is 5.97 Å². The quantitative estimate of drug-likeness (QED) is 0.659. The Balaban J connectivity index is 1.69. The molecule has 1 aliphatic heterocycles. The minimum absolute atomic E-state index is 0.00793. The second-order valence-electron chi connectivity index (χ2n) is 8.60. The van der Waals surface area contributed by atoms with Crippen molar-refractivity contribution in [2.45, 2.75) is 51.6 Å². The number of nitrogens with zero attached hydrogens (tertiary/aromatic N) is 1. The van der Waals surface area contributed by atoms with Crippen molar-refractivity contribution >= 4 is 11.9 Å². The second kappa shape index (κ2) is 9.46. The lowest BCUT2D eigenvalue weighted by molar-refractivity contribution is -0.162. The highest BCUT2D eigenvalue weighted by Gasteiger charge is 2.49. The molecule has 0 aromatic heterocycles. The molecular weight excluding hydrogens is 374 g/mol. The number of fused-ring (bicyclic) bond motifs is 1. The molecule has 1 saturated carbocycles. The highest BCUT2D eigenvalue weighted by Crippen LogP contribution is 2.45. The Hall–Kier alpha value is -2.62. The lowest BCUT2D eigenvalue weighted by Gasteiger charge is -2.50. The molecule has 0 N–H and O–H groups in total. The van der Waals surface area contributed by atoms with E-state index in [1.165, 1.54) is 5.56 Å². The molecule has 1 saturated heterocycles. The van der Waals surface area contributed by atoms with Gasteiger partial charge in [-0.15, -0.1) is 0 Å². The molecule has 1 amide bonds. The van der Waals surface area contributed by atoms with Crippen molar-refractivity contribution in [1.82, 2.24) is 4.90 Å². The molecule has 158 valence electrons. The topological polar surface area (TPSA) is 46.6 Å². The van der Waals surface area contributed by atoms with Crippen LogP contribution in [0.1, 0.15) is 43.7 Å². The van der Waals surface area contributed by atoms with Crippen LogP contribution in [0.4, 0.5) is 0 Å². The van der Waals surface area contributed by atoms with Crippen LogP contribution in [0.5, 0.6) is 0 Å². The maximum absolute atomic E-state index is 13.3. The SMILES string of the molecule is CCOC(=O)[C@H]1CCC[C@@H]2CC(=O)N(Cc3ccccc3)[C@@H](Cc3ccccc3)[C@@H]21. The molecule has 4 heteroatoms. The summed E-state index contributed by atoms with van der Waals surface area (Å²) < 4.78 is 5.47. The van der Waals surface area contributed by atoms with Crippen molar-refractivity contribution in [2.75, 3.05) is 6.61 Å². The first-order valence-corrected chi connectivity index (χ1v) is 11.2. The van der Waals surface area contributed by atoms with Gasteiger partial charge in [0, 0.05) is 19.0 Å². The summed E-state index contributed by atoms with van der Waals surface area (Å²) in [6.45, 7) is 2.87. The average Bonchev–Trinajstić information content (AvgIpc) is 2.77. The van der Waals surface area contributed by atoms with Crippen molar-refractivity contribution < 1.29 is 14.3 Å². The van der Waals surface area contributed by atoms with E-state index in [1.54, 1.807) is 0 Å². The van der Waals surface area contributed by atoms with Crippen LogP contribution in [0.3, 0.4) is 0 Å². The molecule has 0 unspecified atom stereocenters. The summed E-state index contributed by atoms with van der Waals surface area (Å²) >= 11 is 0. The summed E-state index contributed by atoms with van der Waals surface area (Å²) in [5.41, 5.74) is 2.34. The van der Waals surface area contributed by atoms with Gasteiger partial charge in [-0.1, -0.05) is 67.1 Å². The number of carbonyl (C=O) groups is 2. The maximum atomic E-state index is 13.3. The van der Waals surface area contributed by atoms with E-state index in [4.69, 9.17) is 4.74 Å². The second-order valence-corrected chi connectivity index (χ2v) is 8.60. The molecule has 0 spiro atoms. The van der Waals surface area contributed by atoms with E-state index in [0.717, 1.165) is 31.2 Å². The number of likely N-dealkylation sites (tertiary alicyclic amines) is 1. The fraction of sp³-hybridized carbons (Fsp3) is 0.462. The number of hydrogen-bond acceptors (Lipinski definition) is 3. The van der Waals surface area contributed by atoms with E-state index in [2.05, 4.69) is 24.3 Å². The molecule has 1 aliphatic carbocycles. The van der Waals surface area contributed by atoms with Crippen LogP contribution >= 0.6 is 0 Å². The Morgan fingerprint density at radius 1 is 1.00 bits per heavy atom. The first-order valence-electron chi connectivity index (χ1n) is 11.2. The normalized spacial score (nSPS) is 26.2. The molecule has 2 aromatic carbocycles. The van der Waals surface area contributed by atoms with Gasteiger partial charge in [-0.05, 0) is 49.1 Å². The fourth-order valence-corrected chi connectivity index (χ4v) is 5.48. The zero-order valence-electron chi connectivity index (χ0n) is 17.7. The van der Waals surface area contributed by atoms with Gasteiger partial charge in [-0.3, -0.25) is 9.59 Å². The smallest absolute Gasteiger partial charge is 0.309 e. The highest BCUT2D eigenvalue weighted by atomic mass is 16.5. The van der Waals surface area contributed by atoms with E-state index in [9.17, 15) is 9.59 Å². The molecule has 2 fully saturated rings. The molecule has 2 aliphatic rings. The Labute approximate surface area is 179 Å². The van der Waals surface area contributed by atoms with E-state index in [1.807, 2.05) is 48.2 Å². The predicted molar refractivity (Wildman–Crippen MR) is 116 cm³/mol. The minimum Gasteiger partial charge on any atom is -0.466 e. The number of ether oxygens (including phenoxy) is 1. The molecule has 0 radical (unpaired) electrons. The summed E-state index contributed by atoms with van der Waals surface area (Å²) in [4.78, 5) is 28.2. The summed E-state index contributed by atoms with van der Waals surface area (Å²) in [6, 6.07) is 20.5. The first-order chi connectivity index (χ1) is 14.7. The third-order valence-corrected chi connectivity index (χ3v) is 6.77. The first kappa shape index (κ1) is 20.6. The van der Waals surface area contributed by atoms with Crippen molar-refractivity contribution in [1.29, 1.82) is 0 Å². The number of hydrogen-bond donors (Lipinski definition) is 0. The van der Waals surface area contributed by atoms with Gasteiger partial charge in [-0.2, -0.15) is 0 Å². The van der Waals surface area contributed by atoms with Crippen molar-refractivity contribution in [3.8, 4) is 0 Å². The van der Waals surface area contributed by atoms with Crippen molar-refractivity contribution in [3.63, 3.8) is 0 Å². The van der Waals surface area contributed by atoms with Crippen LogP contribution in [-0.2, 0) is 27.3 Å². The molecule has 4 nitrogen and oxygen atoms in total. The van der Waals surface area contributed by atoms with Crippen molar-refractivity contribution in [3.05, 3.63) is 71.8 Å². The van der Waals surface area contributed by atoms with Gasteiger partial charge in [-0.25, -0.2) is 0 Å².